The SMILES string of the molecule is CSCc1nnc(SCC(=O)NC(C)(C#N)C2CC2)o1. The number of aromatic nitrogens is 2. The number of nitrogens with one attached hydrogen (secondary N) is 1. The number of amides is 1. The normalized spacial score (nSPS) is 17.2. The molecule has 1 aliphatic carbocycles. The Labute approximate surface area is 126 Å². The summed E-state index contributed by atoms with van der Waals surface area (Å²) in [7, 11) is 0. The van der Waals surface area contributed by atoms with Crippen LogP contribution in [0.2, 0.25) is 0 Å². The number of nitriles is 1. The van der Waals surface area contributed by atoms with E-state index in [1.807, 2.05) is 6.26 Å². The quantitative estimate of drug-likeness (QED) is 0.768. The zero-order valence-corrected chi connectivity index (χ0v) is 13.0. The third-order valence-corrected chi connectivity index (χ3v) is 4.42. The average Bonchev–Trinajstić information content (AvgIpc) is 3.19. The summed E-state index contributed by atoms with van der Waals surface area (Å²) >= 11 is 2.78. The number of carbonyl (C=O) groups excluding carboxylic acids is 1. The van der Waals surface area contributed by atoms with Crippen molar-refractivity contribution in [1.82, 2.24) is 15.5 Å². The standard InChI is InChI=1S/C12H16N4O2S2/c1-12(7-13,8-3-4-8)14-9(17)5-20-11-16-15-10(18-11)6-19-2/h8H,3-6H2,1-2H3,(H,14,17). The van der Waals surface area contributed by atoms with Crippen LogP contribution < -0.4 is 5.32 Å². The third kappa shape index (κ3) is 3.90. The molecule has 1 aromatic rings. The Bertz CT molecular complexity index is 524. The molecule has 1 fully saturated rings. The van der Waals surface area contributed by atoms with Crippen LogP contribution in [0.25, 0.3) is 0 Å². The number of carbonyl (C=O) groups is 1. The van der Waals surface area contributed by atoms with E-state index in [1.54, 1.807) is 18.7 Å². The lowest BCUT2D eigenvalue weighted by atomic mass is 9.98. The number of hydrogen-bond donors (Lipinski definition) is 1. The Kier molecular flexibility index (Phi) is 4.94. The molecule has 0 bridgehead atoms. The van der Waals surface area contributed by atoms with Gasteiger partial charge in [0.2, 0.25) is 11.8 Å². The van der Waals surface area contributed by atoms with Gasteiger partial charge in [0, 0.05) is 0 Å². The molecule has 1 amide bonds. The van der Waals surface area contributed by atoms with E-state index >= 15 is 0 Å². The number of hydrogen-bond acceptors (Lipinski definition) is 7. The monoisotopic (exact) mass is 312 g/mol. The van der Waals surface area contributed by atoms with Crippen molar-refractivity contribution in [1.29, 1.82) is 5.26 Å². The van der Waals surface area contributed by atoms with Gasteiger partial charge in [0.1, 0.15) is 5.54 Å². The molecule has 1 atom stereocenters. The van der Waals surface area contributed by atoms with Gasteiger partial charge in [-0.3, -0.25) is 4.79 Å². The molecule has 6 nitrogen and oxygen atoms in total. The highest BCUT2D eigenvalue weighted by atomic mass is 32.2. The van der Waals surface area contributed by atoms with Crippen LogP contribution in [0.1, 0.15) is 25.7 Å². The molecular formula is C12H16N4O2S2. The van der Waals surface area contributed by atoms with Gasteiger partial charge < -0.3 is 9.73 Å². The summed E-state index contributed by atoms with van der Waals surface area (Å²) < 4.78 is 5.37. The fourth-order valence-electron chi connectivity index (χ4n) is 1.81. The van der Waals surface area contributed by atoms with Crippen LogP contribution in [-0.2, 0) is 10.5 Å². The fraction of sp³-hybridized carbons (Fsp3) is 0.667. The molecule has 1 unspecified atom stereocenters. The first-order chi connectivity index (χ1) is 9.57. The van der Waals surface area contributed by atoms with Crippen LogP contribution in [0.3, 0.4) is 0 Å². The van der Waals surface area contributed by atoms with Gasteiger partial charge >= 0.3 is 0 Å². The molecule has 1 N–H and O–H groups in total. The molecule has 108 valence electrons. The van der Waals surface area contributed by atoms with Crippen LogP contribution in [0.15, 0.2) is 9.64 Å². The molecular weight excluding hydrogens is 296 g/mol. The van der Waals surface area contributed by atoms with E-state index in [0.717, 1.165) is 12.8 Å². The van der Waals surface area contributed by atoms with Gasteiger partial charge in [-0.15, -0.1) is 10.2 Å². The molecule has 0 aliphatic heterocycles. The summed E-state index contributed by atoms with van der Waals surface area (Å²) in [5.74, 6) is 1.48. The molecule has 0 radical (unpaired) electrons. The third-order valence-electron chi connectivity index (χ3n) is 3.07. The second-order valence-corrected chi connectivity index (χ2v) is 6.61. The molecule has 1 saturated carbocycles. The van der Waals surface area contributed by atoms with E-state index in [-0.39, 0.29) is 17.6 Å². The maximum absolute atomic E-state index is 11.9. The second kappa shape index (κ2) is 6.50. The molecule has 1 heterocycles. The lowest BCUT2D eigenvalue weighted by Gasteiger charge is -2.22. The van der Waals surface area contributed by atoms with Gasteiger partial charge in [0.25, 0.3) is 5.22 Å². The highest BCUT2D eigenvalue weighted by Crippen LogP contribution is 2.39. The minimum Gasteiger partial charge on any atom is -0.415 e. The Morgan fingerprint density at radius 2 is 2.35 bits per heavy atom. The van der Waals surface area contributed by atoms with Crippen molar-refractivity contribution in [3.63, 3.8) is 0 Å². The van der Waals surface area contributed by atoms with E-state index in [1.165, 1.54) is 11.8 Å². The Balaban J connectivity index is 1.81. The van der Waals surface area contributed by atoms with Gasteiger partial charge in [-0.25, -0.2) is 0 Å². The maximum atomic E-state index is 11.9. The molecule has 8 heteroatoms. The van der Waals surface area contributed by atoms with E-state index in [9.17, 15) is 10.1 Å². The second-order valence-electron chi connectivity index (χ2n) is 4.82. The van der Waals surface area contributed by atoms with Crippen molar-refractivity contribution in [3.05, 3.63) is 5.89 Å². The van der Waals surface area contributed by atoms with E-state index < -0.39 is 5.54 Å². The summed E-state index contributed by atoms with van der Waals surface area (Å²) in [6.45, 7) is 1.77. The van der Waals surface area contributed by atoms with Crippen molar-refractivity contribution in [2.45, 2.75) is 36.3 Å². The van der Waals surface area contributed by atoms with Crippen molar-refractivity contribution >= 4 is 29.4 Å². The predicted octanol–water partition coefficient (Wildman–Crippen LogP) is 1.83. The van der Waals surface area contributed by atoms with Crippen LogP contribution in [-0.4, -0.2) is 33.7 Å². The van der Waals surface area contributed by atoms with Gasteiger partial charge in [-0.1, -0.05) is 11.8 Å². The lowest BCUT2D eigenvalue weighted by Crippen LogP contribution is -2.47. The lowest BCUT2D eigenvalue weighted by molar-refractivity contribution is -0.119. The summed E-state index contributed by atoms with van der Waals surface area (Å²) in [4.78, 5) is 11.9. The Hall–Kier alpha value is -1.20. The van der Waals surface area contributed by atoms with E-state index in [4.69, 9.17) is 4.42 Å². The largest absolute Gasteiger partial charge is 0.415 e. The summed E-state index contributed by atoms with van der Waals surface area (Å²) in [6, 6.07) is 2.19. The van der Waals surface area contributed by atoms with Gasteiger partial charge in [-0.2, -0.15) is 17.0 Å². The Morgan fingerprint density at radius 3 is 2.95 bits per heavy atom. The summed E-state index contributed by atoms with van der Waals surface area (Å²) in [5, 5.41) is 20.1. The topological polar surface area (TPSA) is 91.8 Å². The van der Waals surface area contributed by atoms with E-state index in [2.05, 4.69) is 21.6 Å². The maximum Gasteiger partial charge on any atom is 0.277 e. The molecule has 1 aromatic heterocycles. The molecule has 2 rings (SSSR count). The molecule has 0 spiro atoms. The van der Waals surface area contributed by atoms with Crippen molar-refractivity contribution < 1.29 is 9.21 Å². The minimum atomic E-state index is -0.753. The molecule has 20 heavy (non-hydrogen) atoms. The van der Waals surface area contributed by atoms with Crippen LogP contribution in [0, 0.1) is 17.2 Å². The predicted molar refractivity (Wildman–Crippen MR) is 77.1 cm³/mol. The van der Waals surface area contributed by atoms with Crippen LogP contribution >= 0.6 is 23.5 Å². The molecule has 0 saturated heterocycles. The fourth-order valence-corrected chi connectivity index (χ4v) is 2.76. The first-order valence-corrected chi connectivity index (χ1v) is 8.61. The van der Waals surface area contributed by atoms with Crippen molar-refractivity contribution in [2.24, 2.45) is 5.92 Å². The van der Waals surface area contributed by atoms with Gasteiger partial charge in [-0.05, 0) is 31.9 Å². The first-order valence-electron chi connectivity index (χ1n) is 6.24. The minimum absolute atomic E-state index is 0.172. The summed E-state index contributed by atoms with van der Waals surface area (Å²) in [6.07, 6.45) is 3.95. The van der Waals surface area contributed by atoms with Gasteiger partial charge in [0.05, 0.1) is 17.6 Å². The zero-order valence-electron chi connectivity index (χ0n) is 11.4. The van der Waals surface area contributed by atoms with Crippen molar-refractivity contribution in [2.75, 3.05) is 12.0 Å². The van der Waals surface area contributed by atoms with Gasteiger partial charge in [0.15, 0.2) is 0 Å². The number of rotatable bonds is 7. The van der Waals surface area contributed by atoms with E-state index in [0.29, 0.717) is 16.9 Å². The summed E-state index contributed by atoms with van der Waals surface area (Å²) in [5.41, 5.74) is -0.753. The highest BCUT2D eigenvalue weighted by molar-refractivity contribution is 7.99. The van der Waals surface area contributed by atoms with Crippen LogP contribution in [0.4, 0.5) is 0 Å². The van der Waals surface area contributed by atoms with Crippen molar-refractivity contribution in [3.8, 4) is 6.07 Å². The average molecular weight is 312 g/mol. The highest BCUT2D eigenvalue weighted by Gasteiger charge is 2.42. The zero-order chi connectivity index (χ0) is 14.6. The number of nitrogens with zero attached hydrogens (tertiary/aromatic N) is 3. The molecule has 1 aliphatic rings. The molecule has 0 aromatic carbocycles. The Morgan fingerprint density at radius 1 is 1.60 bits per heavy atom. The first kappa shape index (κ1) is 15.2. The van der Waals surface area contributed by atoms with Crippen LogP contribution in [0.5, 0.6) is 0 Å². The smallest absolute Gasteiger partial charge is 0.277 e. The number of thioether (sulfide) groups is 2.